The lowest BCUT2D eigenvalue weighted by molar-refractivity contribution is -0.697. The first-order chi connectivity index (χ1) is 7.18. The highest BCUT2D eigenvalue weighted by atomic mass is 14.9. The molecule has 4 heteroatoms. The molecule has 0 aliphatic rings. The predicted molar refractivity (Wildman–Crippen MR) is 60.1 cm³/mol. The van der Waals surface area contributed by atoms with E-state index in [1.165, 1.54) is 0 Å². The van der Waals surface area contributed by atoms with Crippen molar-refractivity contribution in [1.82, 2.24) is 0 Å². The summed E-state index contributed by atoms with van der Waals surface area (Å²) in [5.74, 6) is 0.0763. The average molecular weight is 205 g/mol. The Hall–Kier alpha value is -1.71. The summed E-state index contributed by atoms with van der Waals surface area (Å²) < 4.78 is 2.08. The van der Waals surface area contributed by atoms with Gasteiger partial charge in [0, 0.05) is 30.7 Å². The molecule has 0 aliphatic heterocycles. The van der Waals surface area contributed by atoms with Crippen molar-refractivity contribution >= 4 is 11.5 Å². The Morgan fingerprint density at radius 1 is 1.13 bits per heavy atom. The van der Waals surface area contributed by atoms with Crippen molar-refractivity contribution in [3.8, 4) is 0 Å². The largest absolute Gasteiger partial charge is 0.387 e. The van der Waals surface area contributed by atoms with Gasteiger partial charge < -0.3 is 11.1 Å². The highest BCUT2D eigenvalue weighted by Gasteiger charge is 2.02. The van der Waals surface area contributed by atoms with E-state index in [1.54, 1.807) is 0 Å². The monoisotopic (exact) mass is 205 g/mol. The van der Waals surface area contributed by atoms with Crippen molar-refractivity contribution in [3.63, 3.8) is 0 Å². The zero-order valence-corrected chi connectivity index (χ0v) is 8.74. The first-order valence-corrected chi connectivity index (χ1v) is 5.02. The summed E-state index contributed by atoms with van der Waals surface area (Å²) in [6.07, 6.45) is 5.95. The van der Waals surface area contributed by atoms with Gasteiger partial charge >= 0.3 is 0 Å². The molecule has 0 amide bonds. The number of nitrogens with zero attached hydrogens (tertiary/aromatic N) is 1. The van der Waals surface area contributed by atoms with Gasteiger partial charge in [0.05, 0.1) is 5.84 Å². The Kier molecular flexibility index (Phi) is 4.47. The third kappa shape index (κ3) is 4.90. The van der Waals surface area contributed by atoms with Crippen LogP contribution in [0.15, 0.2) is 30.6 Å². The highest BCUT2D eigenvalue weighted by Crippen LogP contribution is 1.95. The van der Waals surface area contributed by atoms with Crippen LogP contribution in [0.1, 0.15) is 19.3 Å². The van der Waals surface area contributed by atoms with E-state index in [1.807, 2.05) is 30.6 Å². The molecule has 4 nitrogen and oxygen atoms in total. The van der Waals surface area contributed by atoms with Gasteiger partial charge in [-0.25, -0.2) is 4.57 Å². The number of aryl methyl sites for hydroxylation is 1. The van der Waals surface area contributed by atoms with Crippen molar-refractivity contribution in [2.45, 2.75) is 25.8 Å². The Balaban J connectivity index is 2.22. The zero-order chi connectivity index (χ0) is 11.1. The number of nitrogens with two attached hydrogens (primary N) is 1. The van der Waals surface area contributed by atoms with Crippen LogP contribution in [0.25, 0.3) is 0 Å². The molecule has 1 heterocycles. The molecule has 0 radical (unpaired) electrons. The first kappa shape index (κ1) is 11.4. The van der Waals surface area contributed by atoms with Crippen molar-refractivity contribution < 1.29 is 4.57 Å². The molecule has 0 spiro atoms. The zero-order valence-electron chi connectivity index (χ0n) is 8.74. The van der Waals surface area contributed by atoms with Crippen LogP contribution in [-0.2, 0) is 6.54 Å². The van der Waals surface area contributed by atoms with Crippen LogP contribution >= 0.6 is 0 Å². The smallest absolute Gasteiger partial charge is 0.168 e. The topological polar surface area (TPSA) is 77.6 Å². The first-order valence-electron chi connectivity index (χ1n) is 5.02. The van der Waals surface area contributed by atoms with Crippen molar-refractivity contribution in [2.75, 3.05) is 0 Å². The third-order valence-electron chi connectivity index (χ3n) is 2.08. The molecular formula is C11H17N4+. The molecular weight excluding hydrogens is 188 g/mol. The summed E-state index contributed by atoms with van der Waals surface area (Å²) >= 11 is 0. The molecule has 0 aliphatic carbocycles. The molecule has 0 saturated carbocycles. The van der Waals surface area contributed by atoms with Gasteiger partial charge in [-0.2, -0.15) is 0 Å². The fourth-order valence-corrected chi connectivity index (χ4v) is 1.38. The van der Waals surface area contributed by atoms with Crippen LogP contribution in [0.3, 0.4) is 0 Å². The number of hydrogen-bond acceptors (Lipinski definition) is 2. The van der Waals surface area contributed by atoms with Crippen LogP contribution in [0.5, 0.6) is 0 Å². The summed E-state index contributed by atoms with van der Waals surface area (Å²) in [6.45, 7) is 0.904. The summed E-state index contributed by atoms with van der Waals surface area (Å²) in [7, 11) is 0. The number of hydrogen-bond donors (Lipinski definition) is 3. The molecule has 15 heavy (non-hydrogen) atoms. The standard InChI is InChI=1S/C11H17N4/c12-10(9-11(13)14)5-4-8-15-6-2-1-3-7-15/h1-3,6-7,12H,4-5,8-9H2,(H3,13,14)/q+1. The minimum Gasteiger partial charge on any atom is -0.387 e. The van der Waals surface area contributed by atoms with Crippen LogP contribution in [-0.4, -0.2) is 11.5 Å². The molecule has 0 saturated heterocycles. The normalized spacial score (nSPS) is 9.87. The van der Waals surface area contributed by atoms with E-state index in [0.29, 0.717) is 18.6 Å². The molecule has 0 unspecified atom stereocenters. The highest BCUT2D eigenvalue weighted by molar-refractivity contribution is 5.99. The minimum absolute atomic E-state index is 0.0763. The van der Waals surface area contributed by atoms with E-state index in [2.05, 4.69) is 4.57 Å². The number of amidine groups is 1. The lowest BCUT2D eigenvalue weighted by atomic mass is 10.1. The number of pyridine rings is 1. The van der Waals surface area contributed by atoms with Crippen LogP contribution in [0.2, 0.25) is 0 Å². The van der Waals surface area contributed by atoms with Gasteiger partial charge in [0.1, 0.15) is 6.54 Å². The van der Waals surface area contributed by atoms with E-state index < -0.39 is 0 Å². The van der Waals surface area contributed by atoms with E-state index >= 15 is 0 Å². The Morgan fingerprint density at radius 2 is 1.80 bits per heavy atom. The lowest BCUT2D eigenvalue weighted by Crippen LogP contribution is -2.32. The number of rotatable bonds is 6. The Labute approximate surface area is 89.8 Å². The minimum atomic E-state index is 0.0763. The van der Waals surface area contributed by atoms with Crippen molar-refractivity contribution in [1.29, 1.82) is 10.8 Å². The van der Waals surface area contributed by atoms with Gasteiger partial charge in [0.15, 0.2) is 12.4 Å². The van der Waals surface area contributed by atoms with E-state index in [9.17, 15) is 0 Å². The SMILES string of the molecule is N=C(N)CC(=N)CCC[n+]1ccccc1. The molecule has 4 N–H and O–H groups in total. The van der Waals surface area contributed by atoms with Gasteiger partial charge in [0.25, 0.3) is 0 Å². The maximum Gasteiger partial charge on any atom is 0.168 e. The van der Waals surface area contributed by atoms with E-state index in [-0.39, 0.29) is 5.84 Å². The molecule has 1 aromatic heterocycles. The maximum atomic E-state index is 7.55. The second-order valence-electron chi connectivity index (χ2n) is 3.52. The number of aromatic nitrogens is 1. The number of nitrogens with one attached hydrogen (secondary N) is 2. The van der Waals surface area contributed by atoms with E-state index in [4.69, 9.17) is 16.6 Å². The lowest BCUT2D eigenvalue weighted by Gasteiger charge is -2.00. The predicted octanol–water partition coefficient (Wildman–Crippen LogP) is 1.10. The molecule has 0 bridgehead atoms. The van der Waals surface area contributed by atoms with Gasteiger partial charge in [0.2, 0.25) is 0 Å². The summed E-state index contributed by atoms with van der Waals surface area (Å²) in [6, 6.07) is 5.95. The van der Waals surface area contributed by atoms with Crippen LogP contribution in [0.4, 0.5) is 0 Å². The molecule has 0 fully saturated rings. The molecule has 1 aromatic rings. The quantitative estimate of drug-likeness (QED) is 0.363. The van der Waals surface area contributed by atoms with Crippen LogP contribution < -0.4 is 10.3 Å². The molecule has 0 atom stereocenters. The summed E-state index contributed by atoms with van der Waals surface area (Å²) in [4.78, 5) is 0. The maximum absolute atomic E-state index is 7.55. The summed E-state index contributed by atoms with van der Waals surface area (Å²) in [5.41, 5.74) is 5.75. The van der Waals surface area contributed by atoms with E-state index in [0.717, 1.165) is 13.0 Å². The molecule has 80 valence electrons. The van der Waals surface area contributed by atoms with Gasteiger partial charge in [-0.15, -0.1) is 0 Å². The average Bonchev–Trinajstić information content (AvgIpc) is 2.18. The van der Waals surface area contributed by atoms with Crippen LogP contribution in [0, 0.1) is 10.8 Å². The van der Waals surface area contributed by atoms with Crippen molar-refractivity contribution in [3.05, 3.63) is 30.6 Å². The van der Waals surface area contributed by atoms with Crippen molar-refractivity contribution in [2.24, 2.45) is 5.73 Å². The molecule has 0 aromatic carbocycles. The molecule has 1 rings (SSSR count). The van der Waals surface area contributed by atoms with Gasteiger partial charge in [-0.1, -0.05) is 6.07 Å². The second kappa shape index (κ2) is 5.90. The summed E-state index contributed by atoms with van der Waals surface area (Å²) in [5, 5.41) is 14.6. The fourth-order valence-electron chi connectivity index (χ4n) is 1.38. The second-order valence-corrected chi connectivity index (χ2v) is 3.52. The Bertz CT molecular complexity index is 332. The van der Waals surface area contributed by atoms with Gasteiger partial charge in [-0.3, -0.25) is 5.41 Å². The fraction of sp³-hybridized carbons (Fsp3) is 0.364. The third-order valence-corrected chi connectivity index (χ3v) is 2.08. The Morgan fingerprint density at radius 3 is 2.40 bits per heavy atom. The van der Waals surface area contributed by atoms with Gasteiger partial charge in [-0.05, 0) is 6.42 Å².